The van der Waals surface area contributed by atoms with Crippen LogP contribution in [0.5, 0.6) is 5.75 Å². The van der Waals surface area contributed by atoms with Crippen molar-refractivity contribution in [2.45, 2.75) is 19.0 Å². The van der Waals surface area contributed by atoms with E-state index in [0.29, 0.717) is 24.9 Å². The summed E-state index contributed by atoms with van der Waals surface area (Å²) in [5, 5.41) is 6.56. The number of carbonyl (C=O) groups excluding carboxylic acids is 1. The number of rotatable bonds is 4. The molecular formula is C17H20N4O3. The highest BCUT2D eigenvalue weighted by molar-refractivity contribution is 5.89. The average Bonchev–Trinajstić information content (AvgIpc) is 3.08. The van der Waals surface area contributed by atoms with Gasteiger partial charge in [0.1, 0.15) is 11.5 Å². The number of para-hydroxylation sites is 1. The number of ether oxygens (including phenoxy) is 1. The Morgan fingerprint density at radius 3 is 2.92 bits per heavy atom. The predicted molar refractivity (Wildman–Crippen MR) is 89.9 cm³/mol. The van der Waals surface area contributed by atoms with Gasteiger partial charge in [-0.2, -0.15) is 0 Å². The first-order valence-electron chi connectivity index (χ1n) is 7.75. The maximum absolute atomic E-state index is 11.0. The van der Waals surface area contributed by atoms with Gasteiger partial charge in [0.2, 0.25) is 0 Å². The summed E-state index contributed by atoms with van der Waals surface area (Å²) in [5.74, 6) is 1.72. The Balaban J connectivity index is 1.62. The molecule has 0 aliphatic carbocycles. The van der Waals surface area contributed by atoms with Crippen molar-refractivity contribution in [2.24, 2.45) is 10.7 Å². The number of furan rings is 1. The number of aliphatic imine (C=N–C) groups is 1. The van der Waals surface area contributed by atoms with E-state index in [9.17, 15) is 4.79 Å². The zero-order chi connectivity index (χ0) is 16.9. The molecule has 0 saturated carbocycles. The highest BCUT2D eigenvalue weighted by Gasteiger charge is 2.21. The molecule has 4 N–H and O–H groups in total. The molecule has 24 heavy (non-hydrogen) atoms. The van der Waals surface area contributed by atoms with Gasteiger partial charge in [0.15, 0.2) is 11.7 Å². The third kappa shape index (κ3) is 3.51. The zero-order valence-electron chi connectivity index (χ0n) is 13.4. The minimum absolute atomic E-state index is 0.124. The van der Waals surface area contributed by atoms with Crippen LogP contribution in [-0.2, 0) is 6.54 Å². The van der Waals surface area contributed by atoms with Crippen LogP contribution in [0, 0.1) is 0 Å². The maximum atomic E-state index is 11.0. The molecule has 1 aromatic heterocycles. The van der Waals surface area contributed by atoms with Crippen molar-refractivity contribution in [3.8, 4) is 5.75 Å². The van der Waals surface area contributed by atoms with Gasteiger partial charge in [-0.25, -0.2) is 0 Å². The zero-order valence-corrected chi connectivity index (χ0v) is 13.4. The molecule has 126 valence electrons. The standard InChI is InChI=1S/C17H20N4O3/c1-19-17(20-10-11-6-7-15(24-11)16(18)22)21-13-8-9-23-14-5-3-2-4-12(13)14/h2-7,13H,8-10H2,1H3,(H2,18,22)(H2,19,20,21). The fourth-order valence-electron chi connectivity index (χ4n) is 2.63. The van der Waals surface area contributed by atoms with Crippen LogP contribution in [0.4, 0.5) is 0 Å². The average molecular weight is 328 g/mol. The van der Waals surface area contributed by atoms with E-state index >= 15 is 0 Å². The Bertz CT molecular complexity index is 754. The van der Waals surface area contributed by atoms with Crippen molar-refractivity contribution in [3.63, 3.8) is 0 Å². The Morgan fingerprint density at radius 1 is 1.33 bits per heavy atom. The molecule has 1 aliphatic heterocycles. The van der Waals surface area contributed by atoms with Crippen LogP contribution in [0.3, 0.4) is 0 Å². The van der Waals surface area contributed by atoms with Crippen LogP contribution in [0.1, 0.15) is 34.3 Å². The normalized spacial score (nSPS) is 16.9. The lowest BCUT2D eigenvalue weighted by atomic mass is 10.0. The fraction of sp³-hybridized carbons (Fsp3) is 0.294. The van der Waals surface area contributed by atoms with Crippen molar-refractivity contribution < 1.29 is 13.9 Å². The molecule has 0 fully saturated rings. The van der Waals surface area contributed by atoms with E-state index in [1.807, 2.05) is 24.3 Å². The van der Waals surface area contributed by atoms with Gasteiger partial charge in [0.05, 0.1) is 19.2 Å². The van der Waals surface area contributed by atoms with E-state index in [1.54, 1.807) is 19.2 Å². The van der Waals surface area contributed by atoms with Gasteiger partial charge in [-0.15, -0.1) is 0 Å². The number of fused-ring (bicyclic) bond motifs is 1. The summed E-state index contributed by atoms with van der Waals surface area (Å²) >= 11 is 0. The highest BCUT2D eigenvalue weighted by atomic mass is 16.5. The van der Waals surface area contributed by atoms with Crippen molar-refractivity contribution in [2.75, 3.05) is 13.7 Å². The summed E-state index contributed by atoms with van der Waals surface area (Å²) in [6.07, 6.45) is 0.851. The second-order valence-corrected chi connectivity index (χ2v) is 5.43. The van der Waals surface area contributed by atoms with Crippen molar-refractivity contribution in [1.29, 1.82) is 0 Å². The molecule has 0 saturated heterocycles. The van der Waals surface area contributed by atoms with E-state index in [2.05, 4.69) is 15.6 Å². The number of nitrogens with zero attached hydrogens (tertiary/aromatic N) is 1. The number of primary amides is 1. The molecule has 1 amide bonds. The highest BCUT2D eigenvalue weighted by Crippen LogP contribution is 2.31. The number of carbonyl (C=O) groups is 1. The third-order valence-corrected chi connectivity index (χ3v) is 3.83. The topological polar surface area (TPSA) is 102 Å². The summed E-state index contributed by atoms with van der Waals surface area (Å²) in [7, 11) is 1.71. The van der Waals surface area contributed by atoms with Crippen LogP contribution >= 0.6 is 0 Å². The minimum atomic E-state index is -0.581. The largest absolute Gasteiger partial charge is 0.493 e. The van der Waals surface area contributed by atoms with Crippen LogP contribution in [0.25, 0.3) is 0 Å². The lowest BCUT2D eigenvalue weighted by molar-refractivity contribution is 0.0972. The molecule has 1 aliphatic rings. The van der Waals surface area contributed by atoms with Crippen molar-refractivity contribution in [3.05, 3.63) is 53.5 Å². The first-order valence-corrected chi connectivity index (χ1v) is 7.75. The summed E-state index contributed by atoms with van der Waals surface area (Å²) in [5.41, 5.74) is 6.29. The van der Waals surface area contributed by atoms with Gasteiger partial charge in [-0.3, -0.25) is 9.79 Å². The van der Waals surface area contributed by atoms with Crippen LogP contribution in [0.2, 0.25) is 0 Å². The number of benzene rings is 1. The third-order valence-electron chi connectivity index (χ3n) is 3.83. The Labute approximate surface area is 139 Å². The molecule has 1 atom stereocenters. The summed E-state index contributed by atoms with van der Waals surface area (Å²) in [6.45, 7) is 1.06. The van der Waals surface area contributed by atoms with E-state index in [0.717, 1.165) is 17.7 Å². The van der Waals surface area contributed by atoms with E-state index in [4.69, 9.17) is 14.9 Å². The van der Waals surface area contributed by atoms with Gasteiger partial charge < -0.3 is 25.5 Å². The van der Waals surface area contributed by atoms with Crippen molar-refractivity contribution >= 4 is 11.9 Å². The van der Waals surface area contributed by atoms with Crippen LogP contribution in [-0.4, -0.2) is 25.5 Å². The fourth-order valence-corrected chi connectivity index (χ4v) is 2.63. The number of nitrogens with one attached hydrogen (secondary N) is 2. The number of amides is 1. The Hall–Kier alpha value is -2.96. The second-order valence-electron chi connectivity index (χ2n) is 5.43. The SMILES string of the molecule is CN=C(NCc1ccc(C(N)=O)o1)NC1CCOc2ccccc21. The maximum Gasteiger partial charge on any atom is 0.284 e. The van der Waals surface area contributed by atoms with Gasteiger partial charge in [-0.05, 0) is 18.2 Å². The van der Waals surface area contributed by atoms with Gasteiger partial charge in [0, 0.05) is 19.0 Å². The smallest absolute Gasteiger partial charge is 0.284 e. The molecule has 2 aromatic rings. The Kier molecular flexibility index (Phi) is 4.69. The molecule has 3 rings (SSSR count). The molecule has 0 radical (unpaired) electrons. The predicted octanol–water partition coefficient (Wildman–Crippen LogP) is 1.57. The summed E-state index contributed by atoms with van der Waals surface area (Å²) < 4.78 is 11.0. The second kappa shape index (κ2) is 7.08. The quantitative estimate of drug-likeness (QED) is 0.584. The van der Waals surface area contributed by atoms with E-state index in [1.165, 1.54) is 0 Å². The first kappa shape index (κ1) is 15.9. The molecule has 0 bridgehead atoms. The van der Waals surface area contributed by atoms with Gasteiger partial charge in [0.25, 0.3) is 5.91 Å². The summed E-state index contributed by atoms with van der Waals surface area (Å²) in [4.78, 5) is 15.3. The molecule has 0 spiro atoms. The minimum Gasteiger partial charge on any atom is -0.493 e. The lowest BCUT2D eigenvalue weighted by Crippen LogP contribution is -2.40. The van der Waals surface area contributed by atoms with E-state index < -0.39 is 5.91 Å². The number of hydrogen-bond donors (Lipinski definition) is 3. The molecule has 7 heteroatoms. The van der Waals surface area contributed by atoms with Crippen molar-refractivity contribution in [1.82, 2.24) is 10.6 Å². The van der Waals surface area contributed by atoms with Crippen LogP contribution in [0.15, 0.2) is 45.8 Å². The van der Waals surface area contributed by atoms with Crippen LogP contribution < -0.4 is 21.1 Å². The molecule has 1 unspecified atom stereocenters. The first-order chi connectivity index (χ1) is 11.7. The Morgan fingerprint density at radius 2 is 2.17 bits per heavy atom. The summed E-state index contributed by atoms with van der Waals surface area (Å²) in [6, 6.07) is 11.4. The molecule has 1 aromatic carbocycles. The molecule has 2 heterocycles. The molecular weight excluding hydrogens is 308 g/mol. The lowest BCUT2D eigenvalue weighted by Gasteiger charge is -2.27. The van der Waals surface area contributed by atoms with Gasteiger partial charge >= 0.3 is 0 Å². The number of guanidine groups is 1. The monoisotopic (exact) mass is 328 g/mol. The van der Waals surface area contributed by atoms with E-state index in [-0.39, 0.29) is 11.8 Å². The number of hydrogen-bond acceptors (Lipinski definition) is 4. The van der Waals surface area contributed by atoms with Gasteiger partial charge in [-0.1, -0.05) is 18.2 Å². The molecule has 7 nitrogen and oxygen atoms in total. The number of nitrogens with two attached hydrogens (primary N) is 1.